The van der Waals surface area contributed by atoms with Gasteiger partial charge in [-0.25, -0.2) is 9.97 Å². The second-order valence-corrected chi connectivity index (χ2v) is 4.82. The molecule has 2 N–H and O–H groups in total. The van der Waals surface area contributed by atoms with Crippen molar-refractivity contribution in [2.45, 2.75) is 13.5 Å². The third-order valence-corrected chi connectivity index (χ3v) is 3.20. The highest BCUT2D eigenvalue weighted by Crippen LogP contribution is 2.09. The predicted molar refractivity (Wildman–Crippen MR) is 84.7 cm³/mol. The number of benzene rings is 1. The van der Waals surface area contributed by atoms with Gasteiger partial charge in [0, 0.05) is 20.2 Å². The zero-order valence-corrected chi connectivity index (χ0v) is 12.8. The second kappa shape index (κ2) is 8.09. The lowest BCUT2D eigenvalue weighted by Gasteiger charge is -2.08. The van der Waals surface area contributed by atoms with Crippen molar-refractivity contribution in [2.75, 3.05) is 25.6 Å². The van der Waals surface area contributed by atoms with Crippen LogP contribution in [-0.2, 0) is 11.3 Å². The number of aromatic nitrogens is 2. The molecule has 0 aliphatic heterocycles. The number of methoxy groups -OCH3 is 1. The summed E-state index contributed by atoms with van der Waals surface area (Å²) in [6.45, 7) is 3.65. The van der Waals surface area contributed by atoms with Crippen LogP contribution in [0.25, 0.3) is 0 Å². The molecule has 0 unspecified atom stereocenters. The van der Waals surface area contributed by atoms with Crippen LogP contribution in [0.15, 0.2) is 36.7 Å². The number of nitrogens with one attached hydrogen (secondary N) is 2. The molecule has 0 bridgehead atoms. The Hall–Kier alpha value is -2.47. The molecule has 0 aliphatic carbocycles. The van der Waals surface area contributed by atoms with E-state index in [1.165, 1.54) is 17.3 Å². The highest BCUT2D eigenvalue weighted by atomic mass is 16.5. The number of rotatable bonds is 7. The van der Waals surface area contributed by atoms with Crippen molar-refractivity contribution in [1.82, 2.24) is 15.3 Å². The molecule has 1 aromatic heterocycles. The van der Waals surface area contributed by atoms with Gasteiger partial charge in [0.25, 0.3) is 5.91 Å². The van der Waals surface area contributed by atoms with Crippen LogP contribution in [0.4, 0.5) is 5.82 Å². The molecular weight excluding hydrogens is 280 g/mol. The number of anilines is 1. The number of carbonyl (C=O) groups is 1. The van der Waals surface area contributed by atoms with Crippen LogP contribution in [0, 0.1) is 6.92 Å². The lowest BCUT2D eigenvalue weighted by atomic mass is 10.1. The van der Waals surface area contributed by atoms with Gasteiger partial charge in [-0.2, -0.15) is 0 Å². The molecule has 2 rings (SSSR count). The average Bonchev–Trinajstić information content (AvgIpc) is 2.55. The summed E-state index contributed by atoms with van der Waals surface area (Å²) in [6, 6.07) is 8.14. The molecule has 116 valence electrons. The van der Waals surface area contributed by atoms with Gasteiger partial charge in [-0.1, -0.05) is 24.3 Å². The van der Waals surface area contributed by atoms with E-state index >= 15 is 0 Å². The van der Waals surface area contributed by atoms with Crippen molar-refractivity contribution < 1.29 is 9.53 Å². The summed E-state index contributed by atoms with van der Waals surface area (Å²) in [5.41, 5.74) is 2.71. The van der Waals surface area contributed by atoms with Gasteiger partial charge in [0.15, 0.2) is 0 Å². The normalized spacial score (nSPS) is 10.3. The van der Waals surface area contributed by atoms with Crippen LogP contribution < -0.4 is 10.6 Å². The minimum atomic E-state index is -0.255. The van der Waals surface area contributed by atoms with E-state index < -0.39 is 0 Å². The van der Waals surface area contributed by atoms with Crippen LogP contribution in [-0.4, -0.2) is 36.1 Å². The second-order valence-electron chi connectivity index (χ2n) is 4.82. The highest BCUT2D eigenvalue weighted by molar-refractivity contribution is 5.91. The molecule has 2 aromatic rings. The van der Waals surface area contributed by atoms with Crippen molar-refractivity contribution in [3.8, 4) is 0 Å². The summed E-state index contributed by atoms with van der Waals surface area (Å²) in [5, 5.41) is 5.89. The number of ether oxygens (including phenoxy) is 1. The molecule has 6 heteroatoms. The minimum absolute atomic E-state index is 0.255. The summed E-state index contributed by atoms with van der Waals surface area (Å²) in [6.07, 6.45) is 3.02. The average molecular weight is 300 g/mol. The summed E-state index contributed by atoms with van der Waals surface area (Å²) in [5.74, 6) is 0.381. The summed E-state index contributed by atoms with van der Waals surface area (Å²) >= 11 is 0. The first kappa shape index (κ1) is 15.9. The van der Waals surface area contributed by atoms with E-state index in [1.54, 1.807) is 13.3 Å². The van der Waals surface area contributed by atoms with Crippen molar-refractivity contribution in [3.05, 3.63) is 53.5 Å². The molecule has 1 amide bonds. The third kappa shape index (κ3) is 4.53. The smallest absolute Gasteiger partial charge is 0.271 e. The van der Waals surface area contributed by atoms with E-state index in [-0.39, 0.29) is 11.6 Å². The maximum Gasteiger partial charge on any atom is 0.271 e. The van der Waals surface area contributed by atoms with Crippen molar-refractivity contribution in [3.63, 3.8) is 0 Å². The largest absolute Gasteiger partial charge is 0.383 e. The summed E-state index contributed by atoms with van der Waals surface area (Å²) < 4.78 is 4.87. The van der Waals surface area contributed by atoms with Crippen LogP contribution in [0.2, 0.25) is 0 Å². The Labute approximate surface area is 129 Å². The Morgan fingerprint density at radius 3 is 2.73 bits per heavy atom. The molecule has 0 radical (unpaired) electrons. The zero-order valence-electron chi connectivity index (χ0n) is 12.8. The van der Waals surface area contributed by atoms with Crippen LogP contribution in [0.3, 0.4) is 0 Å². The van der Waals surface area contributed by atoms with Gasteiger partial charge in [0.05, 0.1) is 19.0 Å². The SMILES string of the molecule is COCCNC(=O)c1cnc(NCc2ccccc2C)cn1. The number of carbonyl (C=O) groups excluding carboxylic acids is 1. The molecule has 0 saturated heterocycles. The molecule has 1 heterocycles. The summed E-state index contributed by atoms with van der Waals surface area (Å²) in [4.78, 5) is 20.1. The van der Waals surface area contributed by atoms with Gasteiger partial charge in [0.2, 0.25) is 0 Å². The Bertz CT molecular complexity index is 614. The van der Waals surface area contributed by atoms with E-state index in [4.69, 9.17) is 4.74 Å². The maximum atomic E-state index is 11.8. The Balaban J connectivity index is 1.89. The lowest BCUT2D eigenvalue weighted by Crippen LogP contribution is -2.27. The van der Waals surface area contributed by atoms with Crippen LogP contribution in [0.5, 0.6) is 0 Å². The van der Waals surface area contributed by atoms with E-state index in [0.29, 0.717) is 25.5 Å². The molecule has 0 saturated carbocycles. The predicted octanol–water partition coefficient (Wildman–Crippen LogP) is 1.77. The highest BCUT2D eigenvalue weighted by Gasteiger charge is 2.07. The fourth-order valence-corrected chi connectivity index (χ4v) is 1.89. The van der Waals surface area contributed by atoms with Gasteiger partial charge >= 0.3 is 0 Å². The molecular formula is C16H20N4O2. The Morgan fingerprint density at radius 2 is 2.05 bits per heavy atom. The van der Waals surface area contributed by atoms with E-state index in [9.17, 15) is 4.79 Å². The molecule has 1 aromatic carbocycles. The van der Waals surface area contributed by atoms with Crippen molar-refractivity contribution >= 4 is 11.7 Å². The standard InChI is InChI=1S/C16H20N4O2/c1-12-5-3-4-6-13(12)9-19-15-11-18-14(10-20-15)16(21)17-7-8-22-2/h3-6,10-11H,7-9H2,1-2H3,(H,17,21)(H,19,20). The van der Waals surface area contributed by atoms with Crippen LogP contribution in [0.1, 0.15) is 21.6 Å². The van der Waals surface area contributed by atoms with E-state index in [1.807, 2.05) is 12.1 Å². The molecule has 22 heavy (non-hydrogen) atoms. The number of hydrogen-bond acceptors (Lipinski definition) is 5. The molecule has 0 aliphatic rings. The number of hydrogen-bond donors (Lipinski definition) is 2. The minimum Gasteiger partial charge on any atom is -0.383 e. The topological polar surface area (TPSA) is 76.1 Å². The third-order valence-electron chi connectivity index (χ3n) is 3.20. The molecule has 0 atom stereocenters. The van der Waals surface area contributed by atoms with E-state index in [0.717, 1.165) is 0 Å². The molecule has 0 spiro atoms. The lowest BCUT2D eigenvalue weighted by molar-refractivity contribution is 0.0932. The molecule has 0 fully saturated rings. The first-order chi connectivity index (χ1) is 10.7. The van der Waals surface area contributed by atoms with Gasteiger partial charge in [-0.3, -0.25) is 4.79 Å². The van der Waals surface area contributed by atoms with Gasteiger partial charge in [-0.15, -0.1) is 0 Å². The Kier molecular flexibility index (Phi) is 5.85. The first-order valence-electron chi connectivity index (χ1n) is 7.08. The fraction of sp³-hybridized carbons (Fsp3) is 0.312. The number of nitrogens with zero attached hydrogens (tertiary/aromatic N) is 2. The summed E-state index contributed by atoms with van der Waals surface area (Å²) in [7, 11) is 1.58. The van der Waals surface area contributed by atoms with Gasteiger partial charge < -0.3 is 15.4 Å². The monoisotopic (exact) mass is 300 g/mol. The van der Waals surface area contributed by atoms with Crippen molar-refractivity contribution in [2.24, 2.45) is 0 Å². The van der Waals surface area contributed by atoms with Crippen molar-refractivity contribution in [1.29, 1.82) is 0 Å². The van der Waals surface area contributed by atoms with Crippen LogP contribution >= 0.6 is 0 Å². The zero-order chi connectivity index (χ0) is 15.8. The fourth-order valence-electron chi connectivity index (χ4n) is 1.89. The number of amides is 1. The quantitative estimate of drug-likeness (QED) is 0.762. The van der Waals surface area contributed by atoms with Gasteiger partial charge in [-0.05, 0) is 18.1 Å². The van der Waals surface area contributed by atoms with E-state index in [2.05, 4.69) is 39.7 Å². The molecule has 6 nitrogen and oxygen atoms in total. The number of aryl methyl sites for hydroxylation is 1. The van der Waals surface area contributed by atoms with Gasteiger partial charge in [0.1, 0.15) is 11.5 Å². The Morgan fingerprint density at radius 1 is 1.23 bits per heavy atom. The first-order valence-corrected chi connectivity index (χ1v) is 7.08. The maximum absolute atomic E-state index is 11.8.